The number of benzene rings is 3. The predicted octanol–water partition coefficient (Wildman–Crippen LogP) is 5.74. The molecule has 0 saturated heterocycles. The van der Waals surface area contributed by atoms with E-state index in [1.165, 1.54) is 24.3 Å². The molecule has 39 nitrogen and oxygen atoms in total. The molecule has 3 aromatic carbocycles. The summed E-state index contributed by atoms with van der Waals surface area (Å²) in [6.07, 6.45) is 1.13. The van der Waals surface area contributed by atoms with Gasteiger partial charge in [0.05, 0.1) is 98.9 Å². The Bertz CT molecular complexity index is 4150. The maximum absolute atomic E-state index is 14.4. The van der Waals surface area contributed by atoms with Crippen molar-refractivity contribution in [1.82, 2.24) is 16.0 Å². The molecule has 47 heteroatoms. The first kappa shape index (κ1) is 101. The Balaban J connectivity index is 2.21. The van der Waals surface area contributed by atoms with Crippen LogP contribution in [0.1, 0.15) is 185 Å². The Morgan fingerprint density at radius 3 is 0.841 bits per heavy atom. The average Bonchev–Trinajstić information content (AvgIpc) is 0.833. The number of ketones is 1. The SMILES string of the molecule is CCCCOc1c(OCCCS(=O)(=O)O)cc(C(=O)NCCCC(CCCNC(=O)c2cc(CCCCS(=O)(=O)O)c(OCCCS(=O)(=O)O)c(OCCCS(=O)(=O)O)c2)(CCCNC(=O)c2cc(OCCCS(=O)(=O)O)c(OCCCS(=O)(=O)O)c(OCCCS(=O)(=O)O)c2)CC(=O)CCCC)cc1OCCCS(=O)(=O)O. The van der Waals surface area contributed by atoms with Crippen LogP contribution in [-0.4, -0.2) is 246 Å². The highest BCUT2D eigenvalue weighted by atomic mass is 32.2. The number of Topliss-reactive ketones (excluding diaryl/α,β-unsaturated/α-hetero) is 1. The molecular formula is C66H105N3O36S8. The number of amides is 3. The topological polar surface area (TPSA) is 613 Å². The molecule has 0 aromatic heterocycles. The molecule has 0 radical (unpaired) electrons. The van der Waals surface area contributed by atoms with E-state index >= 15 is 0 Å². The van der Waals surface area contributed by atoms with Gasteiger partial charge < -0.3 is 53.8 Å². The van der Waals surface area contributed by atoms with Crippen LogP contribution in [0.4, 0.5) is 0 Å². The summed E-state index contributed by atoms with van der Waals surface area (Å²) in [5.41, 5.74) is -1.22. The lowest BCUT2D eigenvalue weighted by Crippen LogP contribution is -2.32. The molecule has 0 heterocycles. The number of ether oxygens (including phenoxy) is 8. The van der Waals surface area contributed by atoms with Gasteiger partial charge in [0, 0.05) is 49.2 Å². The molecule has 1 atom stereocenters. The van der Waals surface area contributed by atoms with Crippen molar-refractivity contribution in [2.45, 2.75) is 155 Å². The summed E-state index contributed by atoms with van der Waals surface area (Å²) in [7, 11) is -35.7. The van der Waals surface area contributed by atoms with Crippen molar-refractivity contribution in [3.05, 3.63) is 58.7 Å². The molecule has 0 aliphatic heterocycles. The van der Waals surface area contributed by atoms with Crippen LogP contribution in [0.2, 0.25) is 0 Å². The molecule has 0 bridgehead atoms. The molecule has 3 aromatic rings. The van der Waals surface area contributed by atoms with Gasteiger partial charge in [0.1, 0.15) is 5.78 Å². The summed E-state index contributed by atoms with van der Waals surface area (Å²) in [4.78, 5) is 57.3. The van der Waals surface area contributed by atoms with Crippen LogP contribution < -0.4 is 53.8 Å². The van der Waals surface area contributed by atoms with E-state index in [1.807, 2.05) is 13.8 Å². The van der Waals surface area contributed by atoms with Crippen LogP contribution in [0, 0.1) is 5.41 Å². The van der Waals surface area contributed by atoms with Crippen molar-refractivity contribution in [2.75, 3.05) is 119 Å². The molecule has 0 aliphatic rings. The fourth-order valence-corrected chi connectivity index (χ4v) is 15.0. The van der Waals surface area contributed by atoms with Gasteiger partial charge >= 0.3 is 0 Å². The Morgan fingerprint density at radius 1 is 0.310 bits per heavy atom. The lowest BCUT2D eigenvalue weighted by atomic mass is 9.71. The summed E-state index contributed by atoms with van der Waals surface area (Å²) >= 11 is 0. The number of carbonyl (C=O) groups excluding carboxylic acids is 4. The molecule has 0 saturated carbocycles. The van der Waals surface area contributed by atoms with Gasteiger partial charge in [-0.2, -0.15) is 67.3 Å². The molecule has 11 N–H and O–H groups in total. The summed E-state index contributed by atoms with van der Waals surface area (Å²) in [5, 5.41) is 8.45. The quantitative estimate of drug-likeness (QED) is 0.0237. The summed E-state index contributed by atoms with van der Waals surface area (Å²) < 4.78 is 308. The lowest BCUT2D eigenvalue weighted by Gasteiger charge is -2.34. The Kier molecular flexibility index (Phi) is 43.5. The zero-order valence-electron chi connectivity index (χ0n) is 62.7. The van der Waals surface area contributed by atoms with Gasteiger partial charge in [-0.1, -0.05) is 26.7 Å². The zero-order valence-corrected chi connectivity index (χ0v) is 69.3. The van der Waals surface area contributed by atoms with Gasteiger partial charge in [-0.05, 0) is 163 Å². The van der Waals surface area contributed by atoms with E-state index in [2.05, 4.69) is 16.0 Å². The van der Waals surface area contributed by atoms with Crippen LogP contribution >= 0.6 is 0 Å². The fourth-order valence-electron chi connectivity index (χ4n) is 11.1. The van der Waals surface area contributed by atoms with E-state index in [0.717, 1.165) is 12.1 Å². The van der Waals surface area contributed by atoms with Gasteiger partial charge in [-0.25, -0.2) is 0 Å². The minimum atomic E-state index is -4.50. The standard InChI is InChI=1S/C66H105N3O36S8/c1-3-5-20-54(70)49-66(22-10-25-68-64(72)52-45-56(99-29-13-37-108(80,81)82)61(104-27-6-4-2)57(46-52)100-30-14-38-109(83,84)85,21-9-24-67-63(71)51-43-50(19-7-8-35-106(74,75)76)60(103-33-17-41-112(92,93)94)55(44-51)98-28-12-36-107(77,78)79)23-11-26-69-65(73)53-47-58(101-31-15-39-110(86,87)88)62(105-34-18-42-113(95,96)97)59(48-53)102-32-16-40-111(89,90)91/h43-48H,3-42,49H2,1-2H3,(H,67,71)(H,68,72)(H,69,73)(H,74,75,76)(H,77,78,79)(H,80,81,82)(H,83,84,85)(H,86,87,88)(H,89,90,91)(H,92,93,94)(H,95,96,97). The summed E-state index contributed by atoms with van der Waals surface area (Å²) in [5.74, 6) is -9.68. The molecule has 3 amide bonds. The highest BCUT2D eigenvalue weighted by Gasteiger charge is 2.33. The molecule has 1 unspecified atom stereocenters. The van der Waals surface area contributed by atoms with Gasteiger partial charge in [-0.15, -0.1) is 0 Å². The van der Waals surface area contributed by atoms with Gasteiger partial charge in [0.25, 0.3) is 98.7 Å². The third-order valence-electron chi connectivity index (χ3n) is 16.3. The third kappa shape index (κ3) is 46.7. The first-order valence-corrected chi connectivity index (χ1v) is 49.0. The molecule has 3 rings (SSSR count). The van der Waals surface area contributed by atoms with Gasteiger partial charge in [0.2, 0.25) is 11.5 Å². The van der Waals surface area contributed by atoms with Crippen molar-refractivity contribution in [2.24, 2.45) is 5.41 Å². The number of hydrogen-bond acceptors (Lipinski definition) is 28. The smallest absolute Gasteiger partial charge is 0.264 e. The number of aryl methyl sites for hydroxylation is 1. The van der Waals surface area contributed by atoms with E-state index in [1.54, 1.807) is 0 Å². The largest absolute Gasteiger partial charge is 0.490 e. The van der Waals surface area contributed by atoms with Crippen molar-refractivity contribution in [1.29, 1.82) is 0 Å². The number of carbonyl (C=O) groups is 4. The highest BCUT2D eigenvalue weighted by molar-refractivity contribution is 7.87. The zero-order chi connectivity index (χ0) is 84.7. The van der Waals surface area contributed by atoms with E-state index in [9.17, 15) is 123 Å². The van der Waals surface area contributed by atoms with Crippen LogP contribution in [0.25, 0.3) is 0 Å². The average molecular weight is 1770 g/mol. The van der Waals surface area contributed by atoms with Crippen LogP contribution in [0.3, 0.4) is 0 Å². The fraction of sp³-hybridized carbons (Fsp3) is 0.667. The second-order valence-electron chi connectivity index (χ2n) is 26.3. The number of rotatable bonds is 64. The van der Waals surface area contributed by atoms with E-state index < -0.39 is 177 Å². The molecule has 113 heavy (non-hydrogen) atoms. The van der Waals surface area contributed by atoms with Gasteiger partial charge in [-0.3, -0.25) is 55.6 Å². The van der Waals surface area contributed by atoms with Crippen molar-refractivity contribution in [3.8, 4) is 46.0 Å². The Labute approximate surface area is 660 Å². The first-order valence-electron chi connectivity index (χ1n) is 36.1. The van der Waals surface area contributed by atoms with Crippen molar-refractivity contribution < 1.29 is 161 Å². The van der Waals surface area contributed by atoms with Crippen LogP contribution in [0.15, 0.2) is 36.4 Å². The minimum absolute atomic E-state index is 0.0384. The monoisotopic (exact) mass is 1770 g/mol. The minimum Gasteiger partial charge on any atom is -0.490 e. The molecule has 0 fully saturated rings. The van der Waals surface area contributed by atoms with Crippen molar-refractivity contribution in [3.63, 3.8) is 0 Å². The van der Waals surface area contributed by atoms with E-state index in [4.69, 9.17) is 37.9 Å². The second-order valence-corrected chi connectivity index (χ2v) is 38.9. The number of nitrogens with one attached hydrogen (secondary N) is 3. The maximum atomic E-state index is 14.4. The lowest BCUT2D eigenvalue weighted by molar-refractivity contribution is -0.122. The maximum Gasteiger partial charge on any atom is 0.264 e. The first-order chi connectivity index (χ1) is 52.6. The van der Waals surface area contributed by atoms with Gasteiger partial charge in [0.15, 0.2) is 34.5 Å². The second kappa shape index (κ2) is 48.8. The predicted molar refractivity (Wildman–Crippen MR) is 411 cm³/mol. The number of hydrogen-bond donors (Lipinski definition) is 11. The van der Waals surface area contributed by atoms with Crippen LogP contribution in [-0.2, 0) is 92.2 Å². The van der Waals surface area contributed by atoms with Crippen molar-refractivity contribution >= 4 is 104 Å². The molecule has 0 aliphatic carbocycles. The highest BCUT2D eigenvalue weighted by Crippen LogP contribution is 2.43. The third-order valence-corrected chi connectivity index (χ3v) is 22.7. The van der Waals surface area contributed by atoms with E-state index in [-0.39, 0.29) is 236 Å². The molecule has 0 spiro atoms. The molecule has 648 valence electrons. The molecular weight excluding hydrogens is 1670 g/mol. The van der Waals surface area contributed by atoms with Crippen LogP contribution in [0.5, 0.6) is 46.0 Å². The summed E-state index contributed by atoms with van der Waals surface area (Å²) in [6, 6.07) is 7.47. The Morgan fingerprint density at radius 2 is 0.558 bits per heavy atom. The number of unbranched alkanes of at least 4 members (excludes halogenated alkanes) is 3. The normalized spacial score (nSPS) is 13.0. The summed E-state index contributed by atoms with van der Waals surface area (Å²) in [6.45, 7) is 0.771. The van der Waals surface area contributed by atoms with E-state index in [0.29, 0.717) is 25.7 Å². The Hall–Kier alpha value is -6.58.